The SMILES string of the molecule is CCCCCCOC(=O)C(C)(C)NP(=O)(CO[C@H](C)Cn1cnc2c(N)ncnc21)N[C@@H](CC(=O)OC(C)C)C(C)C. The minimum Gasteiger partial charge on any atom is -0.464 e. The van der Waals surface area contributed by atoms with Crippen molar-refractivity contribution in [2.24, 2.45) is 5.92 Å². The van der Waals surface area contributed by atoms with Crippen molar-refractivity contribution in [3.05, 3.63) is 12.7 Å². The standard InChI is InChI=1S/C28H50N7O6P/c1-9-10-11-12-13-39-27(37)28(7,8)34-42(38,33-22(19(2)3)14-23(36)41-20(4)5)18-40-21(6)15-35-17-32-24-25(29)30-16-31-26(24)35/h16-17,19-22H,9-15,18H2,1-8H3,(H2,29,30,31)(H2,33,34,38)/t21-,22+,42?/m1/s1. The van der Waals surface area contributed by atoms with Gasteiger partial charge in [0.25, 0.3) is 0 Å². The summed E-state index contributed by atoms with van der Waals surface area (Å²) in [6, 6.07) is -0.508. The van der Waals surface area contributed by atoms with Gasteiger partial charge in [-0.05, 0) is 47.0 Å². The molecule has 0 spiro atoms. The Labute approximate surface area is 249 Å². The second-order valence-electron chi connectivity index (χ2n) is 11.8. The van der Waals surface area contributed by atoms with E-state index in [9.17, 15) is 14.2 Å². The van der Waals surface area contributed by atoms with E-state index in [0.29, 0.717) is 17.7 Å². The first kappa shape index (κ1) is 35.6. The van der Waals surface area contributed by atoms with E-state index in [-0.39, 0.29) is 37.2 Å². The summed E-state index contributed by atoms with van der Waals surface area (Å²) in [5.41, 5.74) is 5.65. The third-order valence-electron chi connectivity index (χ3n) is 6.56. The highest BCUT2D eigenvalue weighted by Gasteiger charge is 2.39. The molecule has 42 heavy (non-hydrogen) atoms. The number of hydrogen-bond donors (Lipinski definition) is 3. The molecule has 0 aliphatic carbocycles. The first-order valence-electron chi connectivity index (χ1n) is 14.7. The van der Waals surface area contributed by atoms with Crippen molar-refractivity contribution >= 4 is 36.4 Å². The second-order valence-corrected chi connectivity index (χ2v) is 14.0. The van der Waals surface area contributed by atoms with Crippen LogP contribution >= 0.6 is 7.44 Å². The van der Waals surface area contributed by atoms with Crippen LogP contribution in [0.2, 0.25) is 0 Å². The number of nitrogens with zero attached hydrogens (tertiary/aromatic N) is 4. The fourth-order valence-corrected chi connectivity index (χ4v) is 6.84. The molecular weight excluding hydrogens is 561 g/mol. The molecule has 0 radical (unpaired) electrons. The molecule has 0 fully saturated rings. The number of aromatic nitrogens is 4. The van der Waals surface area contributed by atoms with Gasteiger partial charge in [0.05, 0.1) is 38.1 Å². The van der Waals surface area contributed by atoms with Crippen LogP contribution in [-0.4, -0.2) is 68.2 Å². The van der Waals surface area contributed by atoms with E-state index in [4.69, 9.17) is 19.9 Å². The van der Waals surface area contributed by atoms with Gasteiger partial charge in [-0.2, -0.15) is 0 Å². The van der Waals surface area contributed by atoms with Gasteiger partial charge in [-0.15, -0.1) is 0 Å². The number of unbranched alkanes of at least 4 members (excludes halogenated alkanes) is 3. The minimum absolute atomic E-state index is 0.00151. The van der Waals surface area contributed by atoms with Crippen molar-refractivity contribution in [3.8, 4) is 0 Å². The Morgan fingerprint density at radius 3 is 2.45 bits per heavy atom. The van der Waals surface area contributed by atoms with Crippen molar-refractivity contribution < 1.29 is 28.4 Å². The van der Waals surface area contributed by atoms with Gasteiger partial charge in [0, 0.05) is 6.04 Å². The number of fused-ring (bicyclic) bond motifs is 1. The summed E-state index contributed by atoms with van der Waals surface area (Å²) in [5, 5.41) is 6.14. The number of carbonyl (C=O) groups is 2. The quantitative estimate of drug-likeness (QED) is 0.116. The van der Waals surface area contributed by atoms with E-state index in [0.717, 1.165) is 25.7 Å². The van der Waals surface area contributed by atoms with Crippen LogP contribution in [0.25, 0.3) is 11.2 Å². The van der Waals surface area contributed by atoms with Crippen molar-refractivity contribution in [2.45, 2.75) is 118 Å². The van der Waals surface area contributed by atoms with Gasteiger partial charge in [0.2, 0.25) is 7.44 Å². The molecule has 0 aliphatic heterocycles. The lowest BCUT2D eigenvalue weighted by atomic mass is 10.0. The van der Waals surface area contributed by atoms with Crippen LogP contribution in [0.15, 0.2) is 12.7 Å². The monoisotopic (exact) mass is 611 g/mol. The lowest BCUT2D eigenvalue weighted by molar-refractivity contribution is -0.150. The maximum atomic E-state index is 14.5. The van der Waals surface area contributed by atoms with Gasteiger partial charge >= 0.3 is 11.9 Å². The van der Waals surface area contributed by atoms with Crippen LogP contribution in [0.3, 0.4) is 0 Å². The average Bonchev–Trinajstić information content (AvgIpc) is 3.30. The molecule has 0 bridgehead atoms. The van der Waals surface area contributed by atoms with E-state index in [1.807, 2.05) is 20.8 Å². The summed E-state index contributed by atoms with van der Waals surface area (Å²) in [7, 11) is -3.65. The third kappa shape index (κ3) is 11.2. The predicted molar refractivity (Wildman–Crippen MR) is 163 cm³/mol. The van der Waals surface area contributed by atoms with Crippen LogP contribution < -0.4 is 15.9 Å². The highest BCUT2D eigenvalue weighted by atomic mass is 31.2. The van der Waals surface area contributed by atoms with Gasteiger partial charge in [0.15, 0.2) is 11.5 Å². The number of nitrogens with one attached hydrogen (secondary N) is 2. The van der Waals surface area contributed by atoms with Crippen LogP contribution in [0.5, 0.6) is 0 Å². The Hall–Kier alpha value is -2.60. The maximum Gasteiger partial charge on any atom is 0.326 e. The number of anilines is 1. The number of carbonyl (C=O) groups excluding carboxylic acids is 2. The van der Waals surface area contributed by atoms with Crippen LogP contribution in [0.1, 0.15) is 87.5 Å². The molecule has 0 amide bonds. The molecule has 0 aromatic carbocycles. The molecule has 2 heterocycles. The van der Waals surface area contributed by atoms with Gasteiger partial charge < -0.3 is 24.5 Å². The molecule has 14 heteroatoms. The number of hydrogen-bond acceptors (Lipinski definition) is 10. The minimum atomic E-state index is -3.65. The van der Waals surface area contributed by atoms with Crippen molar-refractivity contribution in [2.75, 3.05) is 18.7 Å². The molecule has 2 rings (SSSR count). The normalized spacial score (nSPS) is 15.1. The zero-order valence-electron chi connectivity index (χ0n) is 26.4. The first-order valence-corrected chi connectivity index (χ1v) is 16.6. The largest absolute Gasteiger partial charge is 0.464 e. The molecule has 0 saturated heterocycles. The van der Waals surface area contributed by atoms with Crippen LogP contribution in [-0.2, 0) is 34.9 Å². The molecule has 1 unspecified atom stereocenters. The summed E-state index contributed by atoms with van der Waals surface area (Å²) in [4.78, 5) is 38.0. The van der Waals surface area contributed by atoms with Crippen molar-refractivity contribution in [1.29, 1.82) is 0 Å². The number of imidazole rings is 1. The fourth-order valence-electron chi connectivity index (χ4n) is 4.26. The van der Waals surface area contributed by atoms with E-state index in [1.54, 1.807) is 38.6 Å². The zero-order chi connectivity index (χ0) is 31.5. The molecule has 0 aliphatic rings. The van der Waals surface area contributed by atoms with Gasteiger partial charge in [-0.25, -0.2) is 25.1 Å². The number of esters is 2. The molecule has 0 saturated carbocycles. The fraction of sp³-hybridized carbons (Fsp3) is 0.750. The number of nitrogens with two attached hydrogens (primary N) is 1. The first-order chi connectivity index (χ1) is 19.7. The maximum absolute atomic E-state index is 14.5. The van der Waals surface area contributed by atoms with Crippen LogP contribution in [0.4, 0.5) is 5.82 Å². The van der Waals surface area contributed by atoms with E-state index in [1.165, 1.54) is 6.33 Å². The molecule has 2 aromatic rings. The van der Waals surface area contributed by atoms with E-state index in [2.05, 4.69) is 32.1 Å². The lowest BCUT2D eigenvalue weighted by Gasteiger charge is -2.34. The number of ether oxygens (including phenoxy) is 3. The van der Waals surface area contributed by atoms with Gasteiger partial charge in [0.1, 0.15) is 23.7 Å². The van der Waals surface area contributed by atoms with Crippen LogP contribution in [0, 0.1) is 5.92 Å². The Kier molecular flexibility index (Phi) is 13.8. The average molecular weight is 612 g/mol. The second kappa shape index (κ2) is 16.3. The molecule has 13 nitrogen and oxygen atoms in total. The highest BCUT2D eigenvalue weighted by molar-refractivity contribution is 7.59. The van der Waals surface area contributed by atoms with Crippen molar-refractivity contribution in [1.82, 2.24) is 29.7 Å². The van der Waals surface area contributed by atoms with E-state index < -0.39 is 37.1 Å². The molecule has 238 valence electrons. The molecular formula is C28H50N7O6P. The predicted octanol–water partition coefficient (Wildman–Crippen LogP) is 4.41. The Morgan fingerprint density at radius 2 is 1.81 bits per heavy atom. The Bertz CT molecular complexity index is 1200. The van der Waals surface area contributed by atoms with Gasteiger partial charge in [-0.1, -0.05) is 40.0 Å². The molecule has 3 atom stereocenters. The molecule has 2 aromatic heterocycles. The topological polar surface area (TPSA) is 173 Å². The summed E-state index contributed by atoms with van der Waals surface area (Å²) < 4.78 is 33.2. The third-order valence-corrected chi connectivity index (χ3v) is 8.74. The summed E-state index contributed by atoms with van der Waals surface area (Å²) in [6.45, 7) is 15.2. The van der Waals surface area contributed by atoms with Gasteiger partial charge in [-0.3, -0.25) is 14.2 Å². The smallest absolute Gasteiger partial charge is 0.326 e. The molecule has 4 N–H and O–H groups in total. The van der Waals surface area contributed by atoms with Crippen molar-refractivity contribution in [3.63, 3.8) is 0 Å². The zero-order valence-corrected chi connectivity index (χ0v) is 27.3. The lowest BCUT2D eigenvalue weighted by Crippen LogP contribution is -2.50. The Balaban J connectivity index is 2.20. The number of nitrogen functional groups attached to an aromatic ring is 1. The summed E-state index contributed by atoms with van der Waals surface area (Å²) in [5.74, 6) is -0.721. The Morgan fingerprint density at radius 1 is 1.10 bits per heavy atom. The highest BCUT2D eigenvalue weighted by Crippen LogP contribution is 2.41. The van der Waals surface area contributed by atoms with E-state index >= 15 is 0 Å². The summed E-state index contributed by atoms with van der Waals surface area (Å²) in [6.07, 6.45) is 5.89. The summed E-state index contributed by atoms with van der Waals surface area (Å²) >= 11 is 0. The number of rotatable bonds is 19.